The van der Waals surface area contributed by atoms with E-state index >= 15 is 0 Å². The van der Waals surface area contributed by atoms with Gasteiger partial charge in [0, 0.05) is 23.6 Å². The third kappa shape index (κ3) is 3.51. The van der Waals surface area contributed by atoms with Crippen molar-refractivity contribution in [2.75, 3.05) is 7.05 Å². The molecule has 0 aliphatic rings. The lowest BCUT2D eigenvalue weighted by Gasteiger charge is -2.19. The third-order valence-electron chi connectivity index (χ3n) is 3.19. The molecule has 0 fully saturated rings. The molecule has 2 rings (SSSR count). The summed E-state index contributed by atoms with van der Waals surface area (Å²) in [7, 11) is -2.22. The lowest BCUT2D eigenvalue weighted by atomic mass is 10.2. The van der Waals surface area contributed by atoms with Crippen molar-refractivity contribution in [2.24, 2.45) is 0 Å². The van der Waals surface area contributed by atoms with E-state index in [-0.39, 0.29) is 11.4 Å². The highest BCUT2D eigenvalue weighted by atomic mass is 79.9. The normalized spacial score (nSPS) is 11.9. The molecular weight excluding hydrogens is 357 g/mol. The molecule has 0 aliphatic heterocycles. The van der Waals surface area contributed by atoms with E-state index in [1.165, 1.54) is 13.1 Å². The van der Waals surface area contributed by atoms with Crippen LogP contribution < -0.4 is 0 Å². The van der Waals surface area contributed by atoms with Crippen LogP contribution in [0, 0.1) is 12.7 Å². The van der Waals surface area contributed by atoms with Crippen LogP contribution in [0.1, 0.15) is 11.1 Å². The van der Waals surface area contributed by atoms with E-state index in [0.717, 1.165) is 4.31 Å². The second-order valence-electron chi connectivity index (χ2n) is 4.76. The summed E-state index contributed by atoms with van der Waals surface area (Å²) in [5, 5.41) is 0. The fourth-order valence-corrected chi connectivity index (χ4v) is 3.88. The van der Waals surface area contributed by atoms with Crippen molar-refractivity contribution in [2.45, 2.75) is 18.4 Å². The second kappa shape index (κ2) is 6.25. The summed E-state index contributed by atoms with van der Waals surface area (Å²) in [5.74, 6) is -0.412. The summed E-state index contributed by atoms with van der Waals surface area (Å²) in [6.07, 6.45) is 0. The van der Waals surface area contributed by atoms with Gasteiger partial charge in [-0.1, -0.05) is 40.2 Å². The highest BCUT2D eigenvalue weighted by Crippen LogP contribution is 2.24. The third-order valence-corrected chi connectivity index (χ3v) is 5.63. The quantitative estimate of drug-likeness (QED) is 0.821. The Morgan fingerprint density at radius 1 is 1.19 bits per heavy atom. The van der Waals surface area contributed by atoms with Gasteiger partial charge in [-0.2, -0.15) is 4.31 Å². The van der Waals surface area contributed by atoms with Gasteiger partial charge in [-0.3, -0.25) is 0 Å². The van der Waals surface area contributed by atoms with E-state index < -0.39 is 15.8 Å². The Labute approximate surface area is 132 Å². The molecule has 0 unspecified atom stereocenters. The van der Waals surface area contributed by atoms with Crippen LogP contribution in [0.25, 0.3) is 0 Å². The fraction of sp³-hybridized carbons (Fsp3) is 0.200. The maximum atomic E-state index is 13.7. The van der Waals surface area contributed by atoms with Gasteiger partial charge < -0.3 is 0 Å². The van der Waals surface area contributed by atoms with Crippen LogP contribution in [-0.4, -0.2) is 19.8 Å². The number of aryl methyl sites for hydroxylation is 1. The van der Waals surface area contributed by atoms with Crippen LogP contribution in [0.5, 0.6) is 0 Å². The predicted octanol–water partition coefficient (Wildman–Crippen LogP) is 3.72. The molecule has 6 heteroatoms. The minimum absolute atomic E-state index is 0.0129. The summed E-state index contributed by atoms with van der Waals surface area (Å²) in [4.78, 5) is 0.218. The minimum Gasteiger partial charge on any atom is -0.207 e. The van der Waals surface area contributed by atoms with E-state index in [2.05, 4.69) is 15.9 Å². The summed E-state index contributed by atoms with van der Waals surface area (Å²) >= 11 is 3.27. The standard InChI is InChI=1S/C15H15BrFNO2S/c1-11-7-8-13(16)9-15(11)21(19,20)18(2)10-12-5-3-4-6-14(12)17/h3-9H,10H2,1-2H3. The summed E-state index contributed by atoms with van der Waals surface area (Å²) < 4.78 is 40.7. The van der Waals surface area contributed by atoms with Crippen molar-refractivity contribution in [3.63, 3.8) is 0 Å². The Morgan fingerprint density at radius 2 is 1.86 bits per heavy atom. The van der Waals surface area contributed by atoms with Gasteiger partial charge in [0.05, 0.1) is 4.90 Å². The molecule has 3 nitrogen and oxygen atoms in total. The number of hydrogen-bond acceptors (Lipinski definition) is 2. The number of nitrogens with zero attached hydrogens (tertiary/aromatic N) is 1. The highest BCUT2D eigenvalue weighted by Gasteiger charge is 2.23. The Kier molecular flexibility index (Phi) is 4.81. The first-order valence-electron chi connectivity index (χ1n) is 6.28. The number of rotatable bonds is 4. The lowest BCUT2D eigenvalue weighted by molar-refractivity contribution is 0.456. The molecule has 0 spiro atoms. The molecule has 0 saturated carbocycles. The average Bonchev–Trinajstić information content (AvgIpc) is 2.43. The van der Waals surface area contributed by atoms with Gasteiger partial charge in [0.2, 0.25) is 10.0 Å². The SMILES string of the molecule is Cc1ccc(Br)cc1S(=O)(=O)N(C)Cc1ccccc1F. The smallest absolute Gasteiger partial charge is 0.207 e. The van der Waals surface area contributed by atoms with Crippen molar-refractivity contribution in [1.82, 2.24) is 4.31 Å². The molecule has 21 heavy (non-hydrogen) atoms. The maximum Gasteiger partial charge on any atom is 0.243 e. The average molecular weight is 372 g/mol. The van der Waals surface area contributed by atoms with E-state index in [0.29, 0.717) is 15.6 Å². The van der Waals surface area contributed by atoms with E-state index in [1.54, 1.807) is 43.3 Å². The first-order valence-corrected chi connectivity index (χ1v) is 8.51. The predicted molar refractivity (Wildman–Crippen MR) is 83.9 cm³/mol. The van der Waals surface area contributed by atoms with Gasteiger partial charge in [0.25, 0.3) is 0 Å². The molecule has 0 radical (unpaired) electrons. The monoisotopic (exact) mass is 371 g/mol. The molecule has 2 aromatic rings. The van der Waals surface area contributed by atoms with E-state index in [4.69, 9.17) is 0 Å². The molecule has 0 aliphatic carbocycles. The molecule has 2 aromatic carbocycles. The van der Waals surface area contributed by atoms with E-state index in [1.807, 2.05) is 0 Å². The van der Waals surface area contributed by atoms with Gasteiger partial charge in [-0.15, -0.1) is 0 Å². The number of halogens is 2. The van der Waals surface area contributed by atoms with Gasteiger partial charge in [-0.25, -0.2) is 12.8 Å². The largest absolute Gasteiger partial charge is 0.243 e. The van der Waals surface area contributed by atoms with Crippen LogP contribution >= 0.6 is 15.9 Å². The zero-order valence-electron chi connectivity index (χ0n) is 11.7. The van der Waals surface area contributed by atoms with Crippen molar-refractivity contribution in [3.05, 3.63) is 63.9 Å². The van der Waals surface area contributed by atoms with Gasteiger partial charge >= 0.3 is 0 Å². The zero-order chi connectivity index (χ0) is 15.6. The molecule has 0 amide bonds. The lowest BCUT2D eigenvalue weighted by Crippen LogP contribution is -2.27. The van der Waals surface area contributed by atoms with Crippen LogP contribution in [0.3, 0.4) is 0 Å². The molecule has 0 saturated heterocycles. The van der Waals surface area contributed by atoms with Crippen molar-refractivity contribution >= 4 is 26.0 Å². The van der Waals surface area contributed by atoms with Gasteiger partial charge in [-0.05, 0) is 30.7 Å². The van der Waals surface area contributed by atoms with Crippen molar-refractivity contribution < 1.29 is 12.8 Å². The highest BCUT2D eigenvalue weighted by molar-refractivity contribution is 9.10. The summed E-state index contributed by atoms with van der Waals surface area (Å²) in [6.45, 7) is 1.72. The Hall–Kier alpha value is -1.24. The van der Waals surface area contributed by atoms with E-state index in [9.17, 15) is 12.8 Å². The number of hydrogen-bond donors (Lipinski definition) is 0. The number of sulfonamides is 1. The molecule has 0 heterocycles. The fourth-order valence-electron chi connectivity index (χ4n) is 1.97. The van der Waals surface area contributed by atoms with Crippen LogP contribution in [0.4, 0.5) is 4.39 Å². The minimum atomic E-state index is -3.67. The van der Waals surface area contributed by atoms with Crippen LogP contribution in [-0.2, 0) is 16.6 Å². The van der Waals surface area contributed by atoms with Crippen molar-refractivity contribution in [3.8, 4) is 0 Å². The van der Waals surface area contributed by atoms with Gasteiger partial charge in [0.15, 0.2) is 0 Å². The topological polar surface area (TPSA) is 37.4 Å². The van der Waals surface area contributed by atoms with Gasteiger partial charge in [0.1, 0.15) is 5.82 Å². The Balaban J connectivity index is 2.35. The molecule has 0 atom stereocenters. The Bertz CT molecular complexity index is 762. The first kappa shape index (κ1) is 16.1. The number of benzene rings is 2. The summed E-state index contributed by atoms with van der Waals surface area (Å²) in [5.41, 5.74) is 0.995. The molecule has 112 valence electrons. The molecule has 0 aromatic heterocycles. The van der Waals surface area contributed by atoms with Crippen molar-refractivity contribution in [1.29, 1.82) is 0 Å². The molecular formula is C15H15BrFNO2S. The molecule has 0 N–H and O–H groups in total. The first-order chi connectivity index (χ1) is 9.82. The van der Waals surface area contributed by atoms with Crippen LogP contribution in [0.15, 0.2) is 51.8 Å². The zero-order valence-corrected chi connectivity index (χ0v) is 14.1. The Morgan fingerprint density at radius 3 is 2.52 bits per heavy atom. The maximum absolute atomic E-state index is 13.7. The second-order valence-corrected chi connectivity index (χ2v) is 7.69. The molecule has 0 bridgehead atoms. The summed E-state index contributed by atoms with van der Waals surface area (Å²) in [6, 6.07) is 11.2. The van der Waals surface area contributed by atoms with Crippen LogP contribution in [0.2, 0.25) is 0 Å².